The van der Waals surface area contributed by atoms with E-state index in [4.69, 9.17) is 14.5 Å². The molecule has 2 saturated heterocycles. The highest BCUT2D eigenvalue weighted by Crippen LogP contribution is 2.38. The molecule has 4 atom stereocenters. The van der Waals surface area contributed by atoms with Crippen LogP contribution in [-0.4, -0.2) is 101 Å². The Labute approximate surface area is 324 Å². The number of alkyl carbamates (subject to hydrolysis) is 1. The molecule has 3 aliphatic heterocycles. The lowest BCUT2D eigenvalue weighted by molar-refractivity contribution is -0.146. The minimum atomic E-state index is -1.26. The second-order valence-corrected chi connectivity index (χ2v) is 14.6. The Kier molecular flexibility index (Phi) is 13.9. The number of benzene rings is 2. The minimum absolute atomic E-state index is 0.00309. The average Bonchev–Trinajstić information content (AvgIpc) is 3.89. The maximum absolute atomic E-state index is 15.3. The monoisotopic (exact) mass is 778 g/mol. The summed E-state index contributed by atoms with van der Waals surface area (Å²) in [4.78, 5) is 58.7. The van der Waals surface area contributed by atoms with Crippen molar-refractivity contribution in [1.29, 1.82) is 0 Å². The van der Waals surface area contributed by atoms with Gasteiger partial charge in [-0.3, -0.25) is 19.3 Å². The third-order valence-corrected chi connectivity index (χ3v) is 10.6. The van der Waals surface area contributed by atoms with Gasteiger partial charge in [-0.15, -0.1) is 0 Å². The molecule has 0 aliphatic carbocycles. The fourth-order valence-corrected chi connectivity index (χ4v) is 7.58. The molecule has 0 saturated carbocycles. The number of carbonyl (C=O) groups is 4. The highest BCUT2D eigenvalue weighted by Gasteiger charge is 2.42. The highest BCUT2D eigenvalue weighted by atomic mass is 19.1. The van der Waals surface area contributed by atoms with E-state index in [2.05, 4.69) is 10.6 Å². The van der Waals surface area contributed by atoms with Crippen molar-refractivity contribution in [3.8, 4) is 11.3 Å². The van der Waals surface area contributed by atoms with Crippen molar-refractivity contribution in [2.24, 2.45) is 11.8 Å². The summed E-state index contributed by atoms with van der Waals surface area (Å²) in [5.41, 5.74) is 1.06. The van der Waals surface area contributed by atoms with Crippen LogP contribution < -0.4 is 10.6 Å². The highest BCUT2D eigenvalue weighted by molar-refractivity contribution is 6.12. The summed E-state index contributed by atoms with van der Waals surface area (Å²) in [5.74, 6) is -2.80. The first-order chi connectivity index (χ1) is 27.1. The predicted molar refractivity (Wildman–Crippen MR) is 201 cm³/mol. The largest absolute Gasteiger partial charge is 0.436 e. The van der Waals surface area contributed by atoms with Crippen LogP contribution in [0.2, 0.25) is 0 Å². The summed E-state index contributed by atoms with van der Waals surface area (Å²) in [7, 11) is 0. The van der Waals surface area contributed by atoms with Gasteiger partial charge in [-0.1, -0.05) is 43.2 Å². The van der Waals surface area contributed by atoms with Crippen molar-refractivity contribution < 1.29 is 41.8 Å². The van der Waals surface area contributed by atoms with Crippen molar-refractivity contribution in [3.05, 3.63) is 89.9 Å². The summed E-state index contributed by atoms with van der Waals surface area (Å²) in [6, 6.07) is 11.9. The van der Waals surface area contributed by atoms with Crippen LogP contribution in [0.1, 0.15) is 62.9 Å². The zero-order chi connectivity index (χ0) is 39.6. The Morgan fingerprint density at radius 3 is 2.46 bits per heavy atom. The Balaban J connectivity index is 1.22. The van der Waals surface area contributed by atoms with Crippen LogP contribution in [0, 0.1) is 23.5 Å². The molecular weight excluding hydrogens is 729 g/mol. The first-order valence-corrected chi connectivity index (χ1v) is 19.4. The van der Waals surface area contributed by atoms with Gasteiger partial charge in [-0.05, 0) is 62.3 Å². The fourth-order valence-electron chi connectivity index (χ4n) is 7.58. The van der Waals surface area contributed by atoms with E-state index in [1.165, 1.54) is 24.0 Å². The molecule has 4 amide bonds. The van der Waals surface area contributed by atoms with Gasteiger partial charge in [0.25, 0.3) is 17.7 Å². The van der Waals surface area contributed by atoms with Gasteiger partial charge < -0.3 is 29.6 Å². The molecule has 6 rings (SSSR count). The number of carbonyl (C=O) groups excluding carboxylic acids is 4. The maximum Gasteiger partial charge on any atom is 0.407 e. The summed E-state index contributed by atoms with van der Waals surface area (Å²) in [6.07, 6.45) is 4.72. The third-order valence-electron chi connectivity index (χ3n) is 10.6. The number of aromatic nitrogens is 2. The van der Waals surface area contributed by atoms with E-state index in [1.54, 1.807) is 11.1 Å². The molecule has 300 valence electrons. The number of halogens is 3. The van der Waals surface area contributed by atoms with Gasteiger partial charge in [0.05, 0.1) is 11.7 Å². The Hall–Kier alpha value is -5.02. The molecule has 2 N–H and O–H groups in total. The van der Waals surface area contributed by atoms with E-state index in [9.17, 15) is 23.6 Å². The smallest absolute Gasteiger partial charge is 0.407 e. The van der Waals surface area contributed by atoms with Gasteiger partial charge in [0.1, 0.15) is 23.6 Å². The van der Waals surface area contributed by atoms with Crippen LogP contribution in [0.25, 0.3) is 11.3 Å². The molecular formula is C41H49F3N6O6. The fraction of sp³-hybridized carbons (Fsp3) is 0.488. The summed E-state index contributed by atoms with van der Waals surface area (Å²) >= 11 is 0. The number of ether oxygens (including phenoxy) is 2. The number of rotatable bonds is 17. The van der Waals surface area contributed by atoms with E-state index in [0.717, 1.165) is 36.6 Å². The lowest BCUT2D eigenvalue weighted by Crippen LogP contribution is -2.49. The molecule has 0 spiro atoms. The average molecular weight is 779 g/mol. The maximum atomic E-state index is 15.3. The standard InChI is InChI=1S/C41H49F3N6O6/c1-27(56-41(54)46-17-7-2-3-8-18-49-36(51)13-14-37(49)52)40(53)50(25-30-22-45-23-34(30)44)38(29-15-19-55-20-16-29)39-47-35(32-21-31(42)11-12-33(32)43)26-48(39)24-28-9-5-4-6-10-28/h4-6,9-14,21,26-27,29-30,34,38,45H,2-3,7-8,15-20,22-25H2,1H3,(H,46,54)/t27-,30-,34-,38+/m0/s1. The number of hydrogen-bond donors (Lipinski definition) is 2. The number of alkyl halides is 1. The summed E-state index contributed by atoms with van der Waals surface area (Å²) in [6.45, 7) is 3.72. The topological polar surface area (TPSA) is 135 Å². The van der Waals surface area contributed by atoms with Crippen molar-refractivity contribution in [2.75, 3.05) is 45.9 Å². The summed E-state index contributed by atoms with van der Waals surface area (Å²) < 4.78 is 58.2. The number of nitrogens with zero attached hydrogens (tertiary/aromatic N) is 4. The lowest BCUT2D eigenvalue weighted by Gasteiger charge is -2.40. The number of nitrogens with one attached hydrogen (secondary N) is 2. The molecule has 56 heavy (non-hydrogen) atoms. The number of unbranched alkanes of at least 4 members (excludes halogenated alkanes) is 3. The lowest BCUT2D eigenvalue weighted by atomic mass is 9.88. The first-order valence-electron chi connectivity index (χ1n) is 19.4. The molecule has 0 radical (unpaired) electrons. The van der Waals surface area contributed by atoms with Gasteiger partial charge in [0, 0.05) is 82.3 Å². The quantitative estimate of drug-likeness (QED) is 0.139. The van der Waals surface area contributed by atoms with E-state index in [0.29, 0.717) is 64.4 Å². The molecule has 0 unspecified atom stereocenters. The molecule has 1 aromatic heterocycles. The van der Waals surface area contributed by atoms with Crippen molar-refractivity contribution in [2.45, 2.75) is 70.3 Å². The predicted octanol–water partition coefficient (Wildman–Crippen LogP) is 5.33. The zero-order valence-electron chi connectivity index (χ0n) is 31.5. The van der Waals surface area contributed by atoms with Crippen LogP contribution >= 0.6 is 0 Å². The van der Waals surface area contributed by atoms with E-state index in [1.807, 2.05) is 34.9 Å². The minimum Gasteiger partial charge on any atom is -0.436 e. The normalized spacial score (nSPS) is 19.7. The number of amides is 4. The van der Waals surface area contributed by atoms with E-state index in [-0.39, 0.29) is 48.6 Å². The van der Waals surface area contributed by atoms with Crippen LogP contribution in [-0.2, 0) is 30.4 Å². The van der Waals surface area contributed by atoms with Gasteiger partial charge in [-0.2, -0.15) is 0 Å². The zero-order valence-corrected chi connectivity index (χ0v) is 31.5. The number of imide groups is 1. The van der Waals surface area contributed by atoms with Crippen molar-refractivity contribution in [3.63, 3.8) is 0 Å². The van der Waals surface area contributed by atoms with Crippen LogP contribution in [0.15, 0.2) is 66.9 Å². The van der Waals surface area contributed by atoms with Gasteiger partial charge in [0.15, 0.2) is 6.10 Å². The molecule has 2 aromatic carbocycles. The molecule has 2 fully saturated rings. The number of imidazole rings is 1. The molecule has 3 aromatic rings. The summed E-state index contributed by atoms with van der Waals surface area (Å²) in [5, 5.41) is 5.76. The Bertz CT molecular complexity index is 1850. The van der Waals surface area contributed by atoms with E-state index < -0.39 is 47.9 Å². The molecule has 4 heterocycles. The van der Waals surface area contributed by atoms with Gasteiger partial charge in [-0.25, -0.2) is 22.9 Å². The van der Waals surface area contributed by atoms with Crippen LogP contribution in [0.3, 0.4) is 0 Å². The molecule has 0 bridgehead atoms. The SMILES string of the molecule is C[C@H](OC(=O)NCCCCCCN1C(=O)C=CC1=O)C(=O)N(C[C@@H]1CNC[C@@H]1F)[C@@H](c1nc(-c2cc(F)ccc2F)cn1Cc1ccccc1)C1CCOCC1. The third kappa shape index (κ3) is 10.2. The Morgan fingerprint density at radius 2 is 1.75 bits per heavy atom. The van der Waals surface area contributed by atoms with Crippen molar-refractivity contribution in [1.82, 2.24) is 30.0 Å². The van der Waals surface area contributed by atoms with Crippen LogP contribution in [0.5, 0.6) is 0 Å². The second-order valence-electron chi connectivity index (χ2n) is 14.6. The second kappa shape index (κ2) is 19.2. The van der Waals surface area contributed by atoms with Crippen LogP contribution in [0.4, 0.5) is 18.0 Å². The molecule has 15 heteroatoms. The number of hydrogen-bond acceptors (Lipinski definition) is 8. The molecule has 3 aliphatic rings. The Morgan fingerprint density at radius 1 is 1.02 bits per heavy atom. The van der Waals surface area contributed by atoms with E-state index >= 15 is 8.78 Å². The molecule has 12 nitrogen and oxygen atoms in total. The van der Waals surface area contributed by atoms with Crippen molar-refractivity contribution >= 4 is 23.8 Å². The van der Waals surface area contributed by atoms with Gasteiger partial charge in [0.2, 0.25) is 0 Å². The van der Waals surface area contributed by atoms with Gasteiger partial charge >= 0.3 is 6.09 Å². The first kappa shape index (κ1) is 40.6.